The molecule has 7 heterocycles. The Kier molecular flexibility index (Phi) is 9.82. The molecule has 3 unspecified atom stereocenters. The Labute approximate surface area is 483 Å². The Morgan fingerprint density at radius 2 is 0.440 bits per heavy atom. The zero-order chi connectivity index (χ0) is 54.7. The van der Waals surface area contributed by atoms with Crippen molar-refractivity contribution < 1.29 is 0 Å². The van der Waals surface area contributed by atoms with E-state index in [0.717, 1.165) is 65.4 Å². The zero-order valence-corrected chi connectivity index (χ0v) is 47.7. The van der Waals surface area contributed by atoms with Gasteiger partial charge in [-0.25, -0.2) is 0 Å². The van der Waals surface area contributed by atoms with Crippen LogP contribution in [0.1, 0.15) is 0 Å². The van der Waals surface area contributed by atoms with Gasteiger partial charge in [-0.2, -0.15) is 15.0 Å². The van der Waals surface area contributed by atoms with Crippen molar-refractivity contribution in [3.63, 3.8) is 0 Å². The van der Waals surface area contributed by atoms with E-state index in [1.807, 2.05) is 0 Å². The zero-order valence-electron chi connectivity index (χ0n) is 45.0. The second-order valence-corrected chi connectivity index (χ2v) is 28.5. The van der Waals surface area contributed by atoms with E-state index >= 15 is 0 Å². The van der Waals surface area contributed by atoms with Crippen molar-refractivity contribution >= 4 is 151 Å². The maximum Gasteiger partial charge on any atom is 0.241 e. The minimum Gasteiger partial charge on any atom is -0.278 e. The lowest BCUT2D eigenvalue weighted by molar-refractivity contribution is 0.848. The molecule has 0 amide bonds. The highest BCUT2D eigenvalue weighted by molar-refractivity contribution is 7.68. The van der Waals surface area contributed by atoms with Crippen molar-refractivity contribution in [1.82, 2.24) is 28.7 Å². The van der Waals surface area contributed by atoms with Crippen LogP contribution >= 0.6 is 22.6 Å². The molecule has 9 heteroatoms. The summed E-state index contributed by atoms with van der Waals surface area (Å²) >= 11 is 0. The van der Waals surface area contributed by atoms with Gasteiger partial charge in [-0.15, -0.1) is 0 Å². The molecule has 0 spiro atoms. The van der Waals surface area contributed by atoms with E-state index in [2.05, 4.69) is 287 Å². The van der Waals surface area contributed by atoms with Gasteiger partial charge in [-0.3, -0.25) is 13.7 Å². The lowest BCUT2D eigenvalue weighted by Gasteiger charge is -2.14. The van der Waals surface area contributed by atoms with Gasteiger partial charge in [0.2, 0.25) is 17.8 Å². The predicted molar refractivity (Wildman–Crippen MR) is 360 cm³/mol. The number of hydrogen-bond acceptors (Lipinski definition) is 3. The van der Waals surface area contributed by atoms with Gasteiger partial charge in [0.1, 0.15) is 0 Å². The number of rotatable bonds is 6. The summed E-state index contributed by atoms with van der Waals surface area (Å²) < 4.78 is 6.98. The van der Waals surface area contributed by atoms with Crippen LogP contribution in [0.15, 0.2) is 273 Å². The van der Waals surface area contributed by atoms with Crippen molar-refractivity contribution in [2.45, 2.75) is 0 Å². The molecule has 390 valence electrons. The van der Waals surface area contributed by atoms with Gasteiger partial charge in [-0.1, -0.05) is 241 Å². The van der Waals surface area contributed by atoms with Gasteiger partial charge < -0.3 is 0 Å². The van der Waals surface area contributed by atoms with Crippen LogP contribution in [0.4, 0.5) is 0 Å². The summed E-state index contributed by atoms with van der Waals surface area (Å²) in [5.41, 5.74) is 6.29. The van der Waals surface area contributed by atoms with Crippen molar-refractivity contribution in [2.75, 3.05) is 0 Å². The number of fused-ring (bicyclic) bond motifs is 18. The van der Waals surface area contributed by atoms with Crippen molar-refractivity contribution in [3.8, 4) is 33.8 Å². The Bertz CT molecular complexity index is 5390. The van der Waals surface area contributed by atoms with Gasteiger partial charge in [0.25, 0.3) is 0 Å². The third-order valence-corrected chi connectivity index (χ3v) is 25.3. The predicted octanol–water partition coefficient (Wildman–Crippen LogP) is 22.0. The molecular weight excluding hydrogens is 1080 g/mol. The Morgan fingerprint density at radius 1 is 0.190 bits per heavy atom. The van der Waals surface area contributed by atoms with Crippen LogP contribution in [0.5, 0.6) is 0 Å². The van der Waals surface area contributed by atoms with Crippen molar-refractivity contribution in [3.05, 3.63) is 273 Å². The van der Waals surface area contributed by atoms with Gasteiger partial charge in [-0.05, 0) is 103 Å². The van der Waals surface area contributed by atoms with E-state index in [1.54, 1.807) is 0 Å². The molecule has 0 saturated carbocycles. The summed E-state index contributed by atoms with van der Waals surface area (Å²) in [6, 6.07) is 101. The first-order valence-electron chi connectivity index (χ1n) is 28.5. The summed E-state index contributed by atoms with van der Waals surface area (Å²) in [6.45, 7) is 0. The fourth-order valence-corrected chi connectivity index (χ4v) is 22.1. The molecule has 3 atom stereocenters. The summed E-state index contributed by atoms with van der Waals surface area (Å²) in [7, 11) is -2.58. The maximum absolute atomic E-state index is 5.85. The van der Waals surface area contributed by atoms with E-state index < -0.39 is 22.6 Å². The van der Waals surface area contributed by atoms with E-state index in [9.17, 15) is 0 Å². The molecule has 12 aromatic carbocycles. The first-order valence-corrected chi connectivity index (χ1v) is 32.6. The molecule has 0 fully saturated rings. The summed E-state index contributed by atoms with van der Waals surface area (Å²) in [6.07, 6.45) is 0. The fraction of sp³-hybridized carbons (Fsp3) is 0. The molecule has 19 rings (SSSR count). The topological polar surface area (TPSA) is 53.5 Å². The first-order chi connectivity index (χ1) is 41.7. The molecule has 0 bridgehead atoms. The Hall–Kier alpha value is -10.1. The lowest BCUT2D eigenvalue weighted by atomic mass is 10.1. The Morgan fingerprint density at radius 3 is 0.738 bits per heavy atom. The lowest BCUT2D eigenvalue weighted by Crippen LogP contribution is -2.13. The number of aromatic nitrogens is 6. The normalized spacial score (nSPS) is 12.9. The Balaban J connectivity index is 0.970. The molecule has 0 aliphatic heterocycles. The van der Waals surface area contributed by atoms with Crippen LogP contribution in [0, 0.1) is 0 Å². The molecule has 0 radical (unpaired) electrons. The average Bonchev–Trinajstić information content (AvgIpc) is 2.26. The standard InChI is InChI=1S/C75H45N6P3/c1-4-22-46(23-5-1)82-67-37-19-13-31-52(67)58-40-55-49-28-10-16-34-61(49)79(64(55)43-70(58)82)73-76-74(80-62-35-17-11-29-50(62)56-41-59-53-32-14-20-38-68(53)83(71(59)44-65(56)80)47-24-6-2-7-25-47)78-75(77-73)81-63-36-18-12-30-51(63)57-42-60-54-33-15-21-39-69(54)84(72(60)45-66(57)81)48-26-8-3-9-27-48/h1-45H. The monoisotopic (exact) mass is 1120 g/mol. The van der Waals surface area contributed by atoms with E-state index in [4.69, 9.17) is 15.0 Å². The number of para-hydroxylation sites is 3. The molecule has 0 aliphatic carbocycles. The third-order valence-electron chi connectivity index (χ3n) is 17.6. The van der Waals surface area contributed by atoms with Crippen molar-refractivity contribution in [2.24, 2.45) is 0 Å². The fourth-order valence-electron chi connectivity index (χ4n) is 14.1. The van der Waals surface area contributed by atoms with E-state index in [1.165, 1.54) is 78.9 Å². The second-order valence-electron chi connectivity index (χ2n) is 22.0. The SMILES string of the molecule is c1ccc(-p2c3ccccc3c3cc4c5ccccc5n(-c5nc(-n6c7ccccc7c7cc8c9ccccc9p(-c9ccccc9)c8cc76)nc(-n6c7ccccc7c7cc8c9ccccc9p(-c9ccccc9)c8cc76)n5)c4cc32)cc1. The highest BCUT2D eigenvalue weighted by Crippen LogP contribution is 2.59. The van der Waals surface area contributed by atoms with Gasteiger partial charge in [0, 0.05) is 63.0 Å². The third kappa shape index (κ3) is 6.51. The molecule has 0 saturated heterocycles. The first kappa shape index (κ1) is 46.5. The number of hydrogen-bond donors (Lipinski definition) is 0. The van der Waals surface area contributed by atoms with Gasteiger partial charge >= 0.3 is 0 Å². The average molecular weight is 1120 g/mol. The second kappa shape index (κ2) is 17.7. The van der Waals surface area contributed by atoms with Gasteiger partial charge in [0.15, 0.2) is 0 Å². The molecule has 0 aliphatic rings. The largest absolute Gasteiger partial charge is 0.278 e. The van der Waals surface area contributed by atoms with Crippen LogP contribution in [-0.2, 0) is 0 Å². The maximum atomic E-state index is 5.85. The smallest absolute Gasteiger partial charge is 0.241 e. The van der Waals surface area contributed by atoms with Crippen LogP contribution in [0.3, 0.4) is 0 Å². The highest BCUT2D eigenvalue weighted by atomic mass is 31.1. The molecule has 6 nitrogen and oxygen atoms in total. The van der Waals surface area contributed by atoms with E-state index in [-0.39, 0.29) is 0 Å². The minimum atomic E-state index is -0.860. The van der Waals surface area contributed by atoms with E-state index in [0.29, 0.717) is 17.8 Å². The van der Waals surface area contributed by atoms with Crippen LogP contribution in [0.2, 0.25) is 0 Å². The molecule has 84 heavy (non-hydrogen) atoms. The molecule has 19 aromatic rings. The minimum absolute atomic E-state index is 0.553. The number of nitrogens with zero attached hydrogens (tertiary/aromatic N) is 6. The molecule has 7 aromatic heterocycles. The van der Waals surface area contributed by atoms with Crippen molar-refractivity contribution in [1.29, 1.82) is 0 Å². The van der Waals surface area contributed by atoms with Crippen LogP contribution in [-0.4, -0.2) is 28.7 Å². The van der Waals surface area contributed by atoms with Crippen LogP contribution in [0.25, 0.3) is 162 Å². The molecular formula is C75H45N6P3. The summed E-state index contributed by atoms with van der Waals surface area (Å²) in [5, 5.41) is 26.9. The highest BCUT2D eigenvalue weighted by Gasteiger charge is 2.27. The van der Waals surface area contributed by atoms with Crippen LogP contribution < -0.4 is 0 Å². The van der Waals surface area contributed by atoms with Gasteiger partial charge in [0.05, 0.1) is 33.1 Å². The quantitative estimate of drug-likeness (QED) is 0.167. The molecule has 0 N–H and O–H groups in total. The number of benzene rings is 12. The summed E-state index contributed by atoms with van der Waals surface area (Å²) in [5.74, 6) is 1.66. The summed E-state index contributed by atoms with van der Waals surface area (Å²) in [4.78, 5) is 17.6.